The van der Waals surface area contributed by atoms with Gasteiger partial charge in [0.2, 0.25) is 10.0 Å². The molecule has 0 amide bonds. The van der Waals surface area contributed by atoms with Gasteiger partial charge in [-0.2, -0.15) is 9.40 Å². The van der Waals surface area contributed by atoms with Crippen molar-refractivity contribution < 1.29 is 8.42 Å². The number of para-hydroxylation sites is 1. The Morgan fingerprint density at radius 2 is 1.63 bits per heavy atom. The first-order chi connectivity index (χ1) is 12.7. The second kappa shape index (κ2) is 7.29. The first kappa shape index (κ1) is 19.3. The highest BCUT2D eigenvalue weighted by Gasteiger charge is 2.24. The van der Waals surface area contributed by atoms with E-state index >= 15 is 0 Å². The fourth-order valence-corrected chi connectivity index (χ4v) is 4.31. The van der Waals surface area contributed by atoms with Crippen molar-refractivity contribution in [3.8, 4) is 5.69 Å². The Hall–Kier alpha value is -2.44. The van der Waals surface area contributed by atoms with Crippen molar-refractivity contribution in [2.24, 2.45) is 0 Å². The molecule has 27 heavy (non-hydrogen) atoms. The third-order valence-electron chi connectivity index (χ3n) is 5.01. The molecule has 142 valence electrons. The highest BCUT2D eigenvalue weighted by atomic mass is 32.2. The van der Waals surface area contributed by atoms with Gasteiger partial charge in [0, 0.05) is 24.8 Å². The van der Waals surface area contributed by atoms with Crippen molar-refractivity contribution in [2.45, 2.75) is 39.1 Å². The molecule has 3 rings (SSSR count). The summed E-state index contributed by atoms with van der Waals surface area (Å²) in [7, 11) is -1.95. The molecule has 3 aromatic rings. The Morgan fingerprint density at radius 1 is 0.963 bits per heavy atom. The molecule has 1 heterocycles. The predicted molar refractivity (Wildman–Crippen MR) is 108 cm³/mol. The van der Waals surface area contributed by atoms with Gasteiger partial charge in [-0.1, -0.05) is 24.3 Å². The van der Waals surface area contributed by atoms with Gasteiger partial charge in [-0.05, 0) is 63.1 Å². The molecule has 0 N–H and O–H groups in total. The fourth-order valence-electron chi connectivity index (χ4n) is 3.09. The third kappa shape index (κ3) is 3.68. The van der Waals surface area contributed by atoms with Crippen LogP contribution in [0.4, 0.5) is 0 Å². The maximum Gasteiger partial charge on any atom is 0.243 e. The number of hydrogen-bond donors (Lipinski definition) is 0. The summed E-state index contributed by atoms with van der Waals surface area (Å²) in [4.78, 5) is 0.318. The van der Waals surface area contributed by atoms with Crippen LogP contribution in [0.5, 0.6) is 0 Å². The quantitative estimate of drug-likeness (QED) is 0.671. The maximum absolute atomic E-state index is 13.0. The predicted octanol–water partition coefficient (Wildman–Crippen LogP) is 3.93. The molecule has 0 aliphatic rings. The van der Waals surface area contributed by atoms with Crippen molar-refractivity contribution in [2.75, 3.05) is 7.05 Å². The smallest absolute Gasteiger partial charge is 0.238 e. The normalized spacial score (nSPS) is 11.9. The zero-order chi connectivity index (χ0) is 19.8. The molecule has 0 aliphatic carbocycles. The molecule has 5 nitrogen and oxygen atoms in total. The van der Waals surface area contributed by atoms with E-state index in [2.05, 4.69) is 5.10 Å². The van der Waals surface area contributed by atoms with Gasteiger partial charge in [0.05, 0.1) is 16.3 Å². The van der Waals surface area contributed by atoms with Gasteiger partial charge >= 0.3 is 0 Å². The molecule has 0 aliphatic heterocycles. The number of rotatable bonds is 5. The van der Waals surface area contributed by atoms with Gasteiger partial charge in [-0.3, -0.25) is 0 Å². The standard InChI is InChI=1S/C21H25N3O2S/c1-15-11-12-20(13-16(15)2)27(25,26)23(5)14-21-17(3)22-24(18(21)4)19-9-7-6-8-10-19/h6-13H,14H2,1-5H3. The minimum atomic E-state index is -3.57. The van der Waals surface area contributed by atoms with Crippen molar-refractivity contribution in [3.05, 3.63) is 76.6 Å². The highest BCUT2D eigenvalue weighted by Crippen LogP contribution is 2.23. The number of nitrogens with zero attached hydrogens (tertiary/aromatic N) is 3. The van der Waals surface area contributed by atoms with Crippen LogP contribution in [0.2, 0.25) is 0 Å². The van der Waals surface area contributed by atoms with E-state index in [0.717, 1.165) is 33.8 Å². The molecule has 6 heteroatoms. The lowest BCUT2D eigenvalue weighted by Crippen LogP contribution is -2.27. The number of sulfonamides is 1. The molecule has 0 saturated heterocycles. The summed E-state index contributed by atoms with van der Waals surface area (Å²) in [5.41, 5.74) is 5.71. The van der Waals surface area contributed by atoms with E-state index in [0.29, 0.717) is 4.90 Å². The Bertz CT molecular complexity index is 1070. The lowest BCUT2D eigenvalue weighted by molar-refractivity contribution is 0.465. The molecule has 0 fully saturated rings. The average Bonchev–Trinajstić information content (AvgIpc) is 2.92. The van der Waals surface area contributed by atoms with Crippen LogP contribution < -0.4 is 0 Å². The first-order valence-corrected chi connectivity index (χ1v) is 10.3. The van der Waals surface area contributed by atoms with Crippen LogP contribution in [-0.2, 0) is 16.6 Å². The lowest BCUT2D eigenvalue weighted by Gasteiger charge is -2.18. The van der Waals surface area contributed by atoms with Crippen LogP contribution >= 0.6 is 0 Å². The molecule has 0 saturated carbocycles. The second-order valence-corrected chi connectivity index (χ2v) is 8.95. The number of aromatic nitrogens is 2. The summed E-state index contributed by atoms with van der Waals surface area (Å²) >= 11 is 0. The monoisotopic (exact) mass is 383 g/mol. The van der Waals surface area contributed by atoms with E-state index in [4.69, 9.17) is 0 Å². The van der Waals surface area contributed by atoms with Crippen LogP contribution in [-0.4, -0.2) is 29.6 Å². The Morgan fingerprint density at radius 3 is 2.26 bits per heavy atom. The summed E-state index contributed by atoms with van der Waals surface area (Å²) in [6, 6.07) is 15.1. The van der Waals surface area contributed by atoms with Crippen LogP contribution in [0.15, 0.2) is 53.4 Å². The summed E-state index contributed by atoms with van der Waals surface area (Å²) in [5, 5.41) is 4.61. The highest BCUT2D eigenvalue weighted by molar-refractivity contribution is 7.89. The SMILES string of the molecule is Cc1ccc(S(=O)(=O)N(C)Cc2c(C)nn(-c3ccccc3)c2C)cc1C. The molecule has 0 radical (unpaired) electrons. The number of aryl methyl sites for hydroxylation is 3. The van der Waals surface area contributed by atoms with E-state index in [1.54, 1.807) is 19.2 Å². The average molecular weight is 384 g/mol. The second-order valence-electron chi connectivity index (χ2n) is 6.90. The third-order valence-corrected chi connectivity index (χ3v) is 6.81. The fraction of sp³-hybridized carbons (Fsp3) is 0.286. The summed E-state index contributed by atoms with van der Waals surface area (Å²) in [6.07, 6.45) is 0. The Balaban J connectivity index is 1.93. The molecule has 0 unspecified atom stereocenters. The summed E-state index contributed by atoms with van der Waals surface area (Å²) < 4.78 is 29.3. The van der Waals surface area contributed by atoms with Gasteiger partial charge in [0.15, 0.2) is 0 Å². The zero-order valence-corrected chi connectivity index (χ0v) is 17.2. The van der Waals surface area contributed by atoms with E-state index in [1.165, 1.54) is 4.31 Å². The molecule has 0 bridgehead atoms. The van der Waals surface area contributed by atoms with Crippen molar-refractivity contribution in [1.82, 2.24) is 14.1 Å². The van der Waals surface area contributed by atoms with E-state index in [-0.39, 0.29) is 6.54 Å². The zero-order valence-electron chi connectivity index (χ0n) is 16.4. The van der Waals surface area contributed by atoms with Crippen molar-refractivity contribution in [1.29, 1.82) is 0 Å². The molecule has 2 aromatic carbocycles. The van der Waals surface area contributed by atoms with Gasteiger partial charge in [-0.25, -0.2) is 13.1 Å². The number of benzene rings is 2. The molecular weight excluding hydrogens is 358 g/mol. The van der Waals surface area contributed by atoms with Gasteiger partial charge in [0.25, 0.3) is 0 Å². The molecule has 0 atom stereocenters. The lowest BCUT2D eigenvalue weighted by atomic mass is 10.1. The van der Waals surface area contributed by atoms with E-state index in [9.17, 15) is 8.42 Å². The van der Waals surface area contributed by atoms with Gasteiger partial charge in [-0.15, -0.1) is 0 Å². The van der Waals surface area contributed by atoms with Crippen LogP contribution in [0.25, 0.3) is 5.69 Å². The summed E-state index contributed by atoms with van der Waals surface area (Å²) in [5.74, 6) is 0. The molecule has 0 spiro atoms. The van der Waals surface area contributed by atoms with Gasteiger partial charge in [0.1, 0.15) is 0 Å². The molecule has 1 aromatic heterocycles. The van der Waals surface area contributed by atoms with E-state index < -0.39 is 10.0 Å². The van der Waals surface area contributed by atoms with Crippen molar-refractivity contribution >= 4 is 10.0 Å². The minimum absolute atomic E-state index is 0.278. The van der Waals surface area contributed by atoms with Crippen molar-refractivity contribution in [3.63, 3.8) is 0 Å². The Labute approximate surface area is 161 Å². The van der Waals surface area contributed by atoms with Crippen LogP contribution in [0, 0.1) is 27.7 Å². The molecular formula is C21H25N3O2S. The summed E-state index contributed by atoms with van der Waals surface area (Å²) in [6.45, 7) is 8.06. The first-order valence-electron chi connectivity index (χ1n) is 8.86. The minimum Gasteiger partial charge on any atom is -0.238 e. The van der Waals surface area contributed by atoms with Crippen LogP contribution in [0.1, 0.15) is 28.1 Å². The van der Waals surface area contributed by atoms with E-state index in [1.807, 2.05) is 68.8 Å². The van der Waals surface area contributed by atoms with Gasteiger partial charge < -0.3 is 0 Å². The maximum atomic E-state index is 13.0. The largest absolute Gasteiger partial charge is 0.243 e. The Kier molecular flexibility index (Phi) is 5.22. The topological polar surface area (TPSA) is 55.2 Å². The van der Waals surface area contributed by atoms with Crippen LogP contribution in [0.3, 0.4) is 0 Å². The number of hydrogen-bond acceptors (Lipinski definition) is 3.